The third kappa shape index (κ3) is 2.04. The van der Waals surface area contributed by atoms with Crippen LogP contribution in [0.3, 0.4) is 0 Å². The summed E-state index contributed by atoms with van der Waals surface area (Å²) in [6, 6.07) is 6.23. The van der Waals surface area contributed by atoms with Crippen molar-refractivity contribution in [2.24, 2.45) is 0 Å². The predicted molar refractivity (Wildman–Crippen MR) is 64.9 cm³/mol. The van der Waals surface area contributed by atoms with E-state index in [0.717, 1.165) is 12.8 Å². The topological polar surface area (TPSA) is 21.3 Å². The third-order valence-corrected chi connectivity index (χ3v) is 4.11. The fourth-order valence-corrected chi connectivity index (χ4v) is 3.33. The van der Waals surface area contributed by atoms with Gasteiger partial charge in [0.05, 0.1) is 7.11 Å². The molecule has 2 saturated heterocycles. The second-order valence-corrected chi connectivity index (χ2v) is 5.19. The Kier molecular flexibility index (Phi) is 2.79. The normalized spacial score (nSPS) is 31.5. The summed E-state index contributed by atoms with van der Waals surface area (Å²) in [7, 11) is 1.62. The summed E-state index contributed by atoms with van der Waals surface area (Å²) < 4.78 is 18.5. The van der Waals surface area contributed by atoms with E-state index in [-0.39, 0.29) is 5.82 Å². The molecule has 2 fully saturated rings. The molecule has 0 radical (unpaired) electrons. The van der Waals surface area contributed by atoms with E-state index in [1.807, 2.05) is 6.07 Å². The predicted octanol–water partition coefficient (Wildman–Crippen LogP) is 2.83. The van der Waals surface area contributed by atoms with Crippen molar-refractivity contribution in [3.63, 3.8) is 0 Å². The van der Waals surface area contributed by atoms with Gasteiger partial charge in [-0.1, -0.05) is 6.07 Å². The van der Waals surface area contributed by atoms with Crippen LogP contribution in [-0.2, 0) is 0 Å². The number of hydrogen-bond acceptors (Lipinski definition) is 2. The SMILES string of the molecule is COc1cc(F)ccc1C1C[C@H]2CC[C@@H](C1)N2. The van der Waals surface area contributed by atoms with Gasteiger partial charge < -0.3 is 10.1 Å². The summed E-state index contributed by atoms with van der Waals surface area (Å²) in [6.45, 7) is 0. The zero-order chi connectivity index (χ0) is 11.8. The number of nitrogens with one attached hydrogen (secondary N) is 1. The smallest absolute Gasteiger partial charge is 0.126 e. The first-order valence-corrected chi connectivity index (χ1v) is 6.35. The summed E-state index contributed by atoms with van der Waals surface area (Å²) in [5.74, 6) is 1.00. The Labute approximate surface area is 101 Å². The molecule has 1 N–H and O–H groups in total. The van der Waals surface area contributed by atoms with Crippen molar-refractivity contribution >= 4 is 0 Å². The van der Waals surface area contributed by atoms with Crippen LogP contribution in [0.25, 0.3) is 0 Å². The van der Waals surface area contributed by atoms with E-state index in [4.69, 9.17) is 4.74 Å². The summed E-state index contributed by atoms with van der Waals surface area (Å²) in [5.41, 5.74) is 1.17. The van der Waals surface area contributed by atoms with Gasteiger partial charge >= 0.3 is 0 Å². The number of ether oxygens (including phenoxy) is 1. The molecule has 2 nitrogen and oxygen atoms in total. The highest BCUT2D eigenvalue weighted by molar-refractivity contribution is 5.37. The number of hydrogen-bond donors (Lipinski definition) is 1. The average molecular weight is 235 g/mol. The maximum absolute atomic E-state index is 13.2. The van der Waals surface area contributed by atoms with Crippen molar-refractivity contribution in [1.29, 1.82) is 0 Å². The van der Waals surface area contributed by atoms with Crippen molar-refractivity contribution < 1.29 is 9.13 Å². The Hall–Kier alpha value is -1.09. The lowest BCUT2D eigenvalue weighted by molar-refractivity contribution is 0.347. The van der Waals surface area contributed by atoms with Crippen molar-refractivity contribution in [2.45, 2.75) is 43.7 Å². The molecule has 2 bridgehead atoms. The Morgan fingerprint density at radius 1 is 1.24 bits per heavy atom. The molecule has 1 aromatic carbocycles. The van der Waals surface area contributed by atoms with Crippen molar-refractivity contribution in [2.75, 3.05) is 7.11 Å². The van der Waals surface area contributed by atoms with Gasteiger partial charge in [0.25, 0.3) is 0 Å². The molecule has 0 aliphatic carbocycles. The Balaban J connectivity index is 1.88. The van der Waals surface area contributed by atoms with Gasteiger partial charge in [0, 0.05) is 18.2 Å². The van der Waals surface area contributed by atoms with Crippen LogP contribution in [-0.4, -0.2) is 19.2 Å². The Morgan fingerprint density at radius 2 is 1.94 bits per heavy atom. The van der Waals surface area contributed by atoms with Crippen molar-refractivity contribution in [3.8, 4) is 5.75 Å². The second-order valence-electron chi connectivity index (χ2n) is 5.19. The van der Waals surface area contributed by atoms with Gasteiger partial charge in [-0.25, -0.2) is 4.39 Å². The maximum Gasteiger partial charge on any atom is 0.126 e. The number of fused-ring (bicyclic) bond motifs is 2. The van der Waals surface area contributed by atoms with E-state index >= 15 is 0 Å². The number of halogens is 1. The molecule has 1 unspecified atom stereocenters. The molecule has 0 spiro atoms. The van der Waals surface area contributed by atoms with Crippen LogP contribution < -0.4 is 10.1 Å². The van der Waals surface area contributed by atoms with E-state index in [2.05, 4.69) is 5.32 Å². The lowest BCUT2D eigenvalue weighted by atomic mass is 9.86. The minimum Gasteiger partial charge on any atom is -0.496 e. The third-order valence-electron chi connectivity index (χ3n) is 4.11. The monoisotopic (exact) mass is 235 g/mol. The molecule has 2 aliphatic rings. The van der Waals surface area contributed by atoms with Crippen LogP contribution in [0.4, 0.5) is 4.39 Å². The number of methoxy groups -OCH3 is 1. The maximum atomic E-state index is 13.2. The lowest BCUT2D eigenvalue weighted by Crippen LogP contribution is -2.37. The average Bonchev–Trinajstić information content (AvgIpc) is 2.68. The summed E-state index contributed by atoms with van der Waals surface area (Å²) in [6.07, 6.45) is 4.87. The highest BCUT2D eigenvalue weighted by Gasteiger charge is 2.35. The Morgan fingerprint density at radius 3 is 2.59 bits per heavy atom. The molecular weight excluding hydrogens is 217 g/mol. The number of benzene rings is 1. The zero-order valence-corrected chi connectivity index (χ0v) is 10.1. The fraction of sp³-hybridized carbons (Fsp3) is 0.571. The first-order valence-electron chi connectivity index (χ1n) is 6.35. The van der Waals surface area contributed by atoms with Gasteiger partial charge in [0.2, 0.25) is 0 Å². The largest absolute Gasteiger partial charge is 0.496 e. The minimum atomic E-state index is -0.220. The molecule has 92 valence electrons. The quantitative estimate of drug-likeness (QED) is 0.851. The van der Waals surface area contributed by atoms with Crippen LogP contribution >= 0.6 is 0 Å². The second kappa shape index (κ2) is 4.30. The van der Waals surface area contributed by atoms with E-state index < -0.39 is 0 Å². The summed E-state index contributed by atoms with van der Waals surface area (Å²) >= 11 is 0. The van der Waals surface area contributed by atoms with E-state index in [1.54, 1.807) is 13.2 Å². The van der Waals surface area contributed by atoms with Crippen LogP contribution in [0, 0.1) is 5.82 Å². The van der Waals surface area contributed by atoms with Gasteiger partial charge in [-0.3, -0.25) is 0 Å². The van der Waals surface area contributed by atoms with Crippen LogP contribution in [0.15, 0.2) is 18.2 Å². The van der Waals surface area contributed by atoms with Gasteiger partial charge in [0.1, 0.15) is 11.6 Å². The lowest BCUT2D eigenvalue weighted by Gasteiger charge is -2.30. The van der Waals surface area contributed by atoms with Gasteiger partial charge in [-0.15, -0.1) is 0 Å². The van der Waals surface area contributed by atoms with Gasteiger partial charge in [-0.05, 0) is 43.2 Å². The number of rotatable bonds is 2. The number of piperidine rings is 1. The van der Waals surface area contributed by atoms with Crippen LogP contribution in [0.5, 0.6) is 5.75 Å². The van der Waals surface area contributed by atoms with Crippen molar-refractivity contribution in [1.82, 2.24) is 5.32 Å². The van der Waals surface area contributed by atoms with Gasteiger partial charge in [0.15, 0.2) is 0 Å². The fourth-order valence-electron chi connectivity index (χ4n) is 3.33. The van der Waals surface area contributed by atoms with Gasteiger partial charge in [-0.2, -0.15) is 0 Å². The molecule has 0 aromatic heterocycles. The molecule has 2 heterocycles. The molecule has 0 saturated carbocycles. The van der Waals surface area contributed by atoms with Crippen molar-refractivity contribution in [3.05, 3.63) is 29.6 Å². The highest BCUT2D eigenvalue weighted by atomic mass is 19.1. The molecule has 0 amide bonds. The van der Waals surface area contributed by atoms with E-state index in [1.165, 1.54) is 24.5 Å². The van der Waals surface area contributed by atoms with E-state index in [9.17, 15) is 4.39 Å². The van der Waals surface area contributed by atoms with Crippen LogP contribution in [0.1, 0.15) is 37.2 Å². The molecule has 17 heavy (non-hydrogen) atoms. The zero-order valence-electron chi connectivity index (χ0n) is 10.1. The Bertz CT molecular complexity index is 409. The molecule has 3 heteroatoms. The molecular formula is C14H18FNO. The molecule has 1 aromatic rings. The molecule has 3 rings (SSSR count). The summed E-state index contributed by atoms with van der Waals surface area (Å²) in [5, 5.41) is 3.62. The van der Waals surface area contributed by atoms with E-state index in [0.29, 0.717) is 23.8 Å². The standard InChI is InChI=1S/C14H18FNO/c1-17-14-8-10(15)2-5-13(14)9-6-11-3-4-12(7-9)16-11/h2,5,8-9,11-12,16H,3-4,6-7H2,1H3/t9?,11-,12+. The molecule has 3 atom stereocenters. The van der Waals surface area contributed by atoms with Crippen LogP contribution in [0.2, 0.25) is 0 Å². The first kappa shape index (κ1) is 11.0. The first-order chi connectivity index (χ1) is 8.26. The highest BCUT2D eigenvalue weighted by Crippen LogP contribution is 2.40. The summed E-state index contributed by atoms with van der Waals surface area (Å²) in [4.78, 5) is 0. The minimum absolute atomic E-state index is 0.220. The molecule has 2 aliphatic heterocycles.